The lowest BCUT2D eigenvalue weighted by atomic mass is 9.88. The molecule has 0 amide bonds. The van der Waals surface area contributed by atoms with Gasteiger partial charge in [0, 0.05) is 5.92 Å². The van der Waals surface area contributed by atoms with E-state index >= 15 is 0 Å². The molecule has 0 aliphatic carbocycles. The Kier molecular flexibility index (Phi) is 4.21. The van der Waals surface area contributed by atoms with Crippen LogP contribution in [-0.2, 0) is 4.74 Å². The molecule has 0 aromatic heterocycles. The fourth-order valence-corrected chi connectivity index (χ4v) is 2.40. The number of rotatable bonds is 4. The van der Waals surface area contributed by atoms with Crippen molar-refractivity contribution >= 4 is 0 Å². The highest BCUT2D eigenvalue weighted by atomic mass is 16.5. The first-order chi connectivity index (χ1) is 8.33. The van der Waals surface area contributed by atoms with Crippen LogP contribution < -0.4 is 5.73 Å². The number of ether oxygens (including phenoxy) is 1. The van der Waals surface area contributed by atoms with Crippen molar-refractivity contribution in [3.8, 4) is 0 Å². The summed E-state index contributed by atoms with van der Waals surface area (Å²) < 4.78 is 5.68. The molecular weight excluding hydrogens is 210 g/mol. The van der Waals surface area contributed by atoms with E-state index in [1.807, 2.05) is 6.07 Å². The van der Waals surface area contributed by atoms with E-state index in [-0.39, 0.29) is 6.04 Å². The Morgan fingerprint density at radius 2 is 2.06 bits per heavy atom. The Labute approximate surface area is 103 Å². The van der Waals surface area contributed by atoms with E-state index in [9.17, 15) is 0 Å². The van der Waals surface area contributed by atoms with Crippen molar-refractivity contribution in [3.63, 3.8) is 0 Å². The van der Waals surface area contributed by atoms with Gasteiger partial charge in [-0.25, -0.2) is 0 Å². The number of hydrogen-bond donors (Lipinski definition) is 1. The van der Waals surface area contributed by atoms with Gasteiger partial charge >= 0.3 is 0 Å². The van der Waals surface area contributed by atoms with Gasteiger partial charge in [-0.05, 0) is 30.9 Å². The van der Waals surface area contributed by atoms with Crippen molar-refractivity contribution in [2.45, 2.75) is 38.1 Å². The monoisotopic (exact) mass is 231 g/mol. The molecule has 0 saturated heterocycles. The highest BCUT2D eigenvalue weighted by molar-refractivity contribution is 5.24. The van der Waals surface area contributed by atoms with E-state index in [1.54, 1.807) is 0 Å². The Hall–Kier alpha value is -1.28. The summed E-state index contributed by atoms with van der Waals surface area (Å²) in [5.74, 6) is 1.33. The third kappa shape index (κ3) is 2.89. The van der Waals surface area contributed by atoms with Crippen LogP contribution in [0.2, 0.25) is 0 Å². The molecule has 92 valence electrons. The Balaban J connectivity index is 2.15. The van der Waals surface area contributed by atoms with Gasteiger partial charge in [-0.2, -0.15) is 0 Å². The molecule has 1 aromatic rings. The molecule has 17 heavy (non-hydrogen) atoms. The molecule has 1 aromatic carbocycles. The molecule has 1 aliphatic rings. The topological polar surface area (TPSA) is 35.2 Å². The minimum atomic E-state index is -0.0114. The normalized spacial score (nSPS) is 19.1. The summed E-state index contributed by atoms with van der Waals surface area (Å²) in [6.07, 6.45) is 5.39. The molecule has 0 radical (unpaired) electrons. The van der Waals surface area contributed by atoms with Gasteiger partial charge in [0.05, 0.1) is 12.6 Å². The van der Waals surface area contributed by atoms with Gasteiger partial charge in [0.15, 0.2) is 0 Å². The van der Waals surface area contributed by atoms with Crippen LogP contribution in [0.15, 0.2) is 42.2 Å². The van der Waals surface area contributed by atoms with Crippen LogP contribution in [0.25, 0.3) is 0 Å². The van der Waals surface area contributed by atoms with Crippen molar-refractivity contribution in [3.05, 3.63) is 47.7 Å². The van der Waals surface area contributed by atoms with Gasteiger partial charge in [-0.15, -0.1) is 0 Å². The molecule has 2 heteroatoms. The highest BCUT2D eigenvalue weighted by Crippen LogP contribution is 2.28. The molecule has 2 nitrogen and oxygen atoms in total. The van der Waals surface area contributed by atoms with Gasteiger partial charge in [0.2, 0.25) is 0 Å². The molecule has 0 saturated carbocycles. The highest BCUT2D eigenvalue weighted by Gasteiger charge is 2.23. The average Bonchev–Trinajstić information content (AvgIpc) is 2.42. The number of nitrogens with two attached hydrogens (primary N) is 1. The Morgan fingerprint density at radius 3 is 2.65 bits per heavy atom. The third-order valence-electron chi connectivity index (χ3n) is 3.39. The van der Waals surface area contributed by atoms with E-state index in [2.05, 4.69) is 37.3 Å². The second-order valence-electron chi connectivity index (χ2n) is 4.55. The molecule has 0 spiro atoms. The average molecular weight is 231 g/mol. The Bertz CT molecular complexity index is 372. The predicted molar refractivity (Wildman–Crippen MR) is 70.7 cm³/mol. The van der Waals surface area contributed by atoms with E-state index in [0.717, 1.165) is 31.6 Å². The second kappa shape index (κ2) is 5.87. The summed E-state index contributed by atoms with van der Waals surface area (Å²) in [4.78, 5) is 0. The number of hydrogen-bond acceptors (Lipinski definition) is 2. The van der Waals surface area contributed by atoms with Crippen molar-refractivity contribution in [2.75, 3.05) is 6.61 Å². The predicted octanol–water partition coefficient (Wildman–Crippen LogP) is 3.20. The number of benzene rings is 1. The maximum atomic E-state index is 6.34. The fraction of sp³-hybridized carbons (Fsp3) is 0.467. The van der Waals surface area contributed by atoms with Gasteiger partial charge in [-0.1, -0.05) is 37.3 Å². The fourth-order valence-electron chi connectivity index (χ4n) is 2.40. The third-order valence-corrected chi connectivity index (χ3v) is 3.39. The molecule has 0 bridgehead atoms. The van der Waals surface area contributed by atoms with Crippen LogP contribution in [-0.4, -0.2) is 12.6 Å². The van der Waals surface area contributed by atoms with Crippen molar-refractivity contribution in [2.24, 2.45) is 5.73 Å². The van der Waals surface area contributed by atoms with Gasteiger partial charge in [0.1, 0.15) is 5.76 Å². The van der Waals surface area contributed by atoms with Gasteiger partial charge in [-0.3, -0.25) is 0 Å². The molecule has 2 rings (SSSR count). The minimum Gasteiger partial charge on any atom is -0.497 e. The van der Waals surface area contributed by atoms with E-state index in [4.69, 9.17) is 10.5 Å². The van der Waals surface area contributed by atoms with Crippen LogP contribution >= 0.6 is 0 Å². The van der Waals surface area contributed by atoms with Crippen LogP contribution in [0.5, 0.6) is 0 Å². The van der Waals surface area contributed by atoms with Gasteiger partial charge < -0.3 is 10.5 Å². The lowest BCUT2D eigenvalue weighted by Gasteiger charge is -2.27. The molecular formula is C15H21NO. The van der Waals surface area contributed by atoms with Crippen molar-refractivity contribution < 1.29 is 4.74 Å². The van der Waals surface area contributed by atoms with Crippen molar-refractivity contribution in [1.82, 2.24) is 0 Å². The molecule has 0 fully saturated rings. The van der Waals surface area contributed by atoms with E-state index in [1.165, 1.54) is 5.56 Å². The summed E-state index contributed by atoms with van der Waals surface area (Å²) in [7, 11) is 0. The van der Waals surface area contributed by atoms with Crippen LogP contribution in [0.1, 0.15) is 37.7 Å². The zero-order valence-corrected chi connectivity index (χ0v) is 10.4. The molecule has 2 unspecified atom stereocenters. The second-order valence-corrected chi connectivity index (χ2v) is 4.55. The van der Waals surface area contributed by atoms with E-state index in [0.29, 0.717) is 5.92 Å². The molecule has 2 atom stereocenters. The lowest BCUT2D eigenvalue weighted by Crippen LogP contribution is -2.32. The summed E-state index contributed by atoms with van der Waals surface area (Å²) in [6, 6.07) is 10.5. The van der Waals surface area contributed by atoms with Gasteiger partial charge in [0.25, 0.3) is 0 Å². The first kappa shape index (κ1) is 12.2. The largest absolute Gasteiger partial charge is 0.497 e. The Morgan fingerprint density at radius 1 is 1.29 bits per heavy atom. The lowest BCUT2D eigenvalue weighted by molar-refractivity contribution is 0.169. The van der Waals surface area contributed by atoms with Crippen LogP contribution in [0, 0.1) is 0 Å². The molecule has 1 aliphatic heterocycles. The molecule has 2 N–H and O–H groups in total. The van der Waals surface area contributed by atoms with Crippen LogP contribution in [0.4, 0.5) is 0 Å². The standard InChI is InChI=1S/C15H21NO/c1-2-13(12-8-4-3-5-9-12)15(16)14-10-6-7-11-17-14/h3-5,8-10,13,15H,2,6-7,11,16H2,1H3. The smallest absolute Gasteiger partial charge is 0.109 e. The summed E-state index contributed by atoms with van der Waals surface area (Å²) in [5.41, 5.74) is 7.65. The summed E-state index contributed by atoms with van der Waals surface area (Å²) in [6.45, 7) is 2.99. The molecule has 1 heterocycles. The zero-order valence-electron chi connectivity index (χ0n) is 10.4. The summed E-state index contributed by atoms with van der Waals surface area (Å²) >= 11 is 0. The first-order valence-electron chi connectivity index (χ1n) is 6.46. The maximum Gasteiger partial charge on any atom is 0.109 e. The zero-order chi connectivity index (χ0) is 12.1. The van der Waals surface area contributed by atoms with Crippen molar-refractivity contribution in [1.29, 1.82) is 0 Å². The minimum absolute atomic E-state index is 0.0114. The first-order valence-corrected chi connectivity index (χ1v) is 6.46. The number of allylic oxidation sites excluding steroid dienone is 1. The van der Waals surface area contributed by atoms with E-state index < -0.39 is 0 Å². The van der Waals surface area contributed by atoms with Crippen LogP contribution in [0.3, 0.4) is 0 Å². The SMILES string of the molecule is CCC(c1ccccc1)C(N)C1=CCCCO1. The maximum absolute atomic E-state index is 6.34. The quantitative estimate of drug-likeness (QED) is 0.863. The summed E-state index contributed by atoms with van der Waals surface area (Å²) in [5, 5.41) is 0.